The number of benzene rings is 1. The van der Waals surface area contributed by atoms with Crippen LogP contribution >= 0.6 is 45.3 Å². The number of hydrogen-bond acceptors (Lipinski definition) is 7. The highest BCUT2D eigenvalue weighted by atomic mass is 127. The molecule has 0 fully saturated rings. The second-order valence-corrected chi connectivity index (χ2v) is 9.15. The van der Waals surface area contributed by atoms with Gasteiger partial charge in [0.1, 0.15) is 0 Å². The smallest absolute Gasteiger partial charge is 0.408 e. The van der Waals surface area contributed by atoms with Crippen LogP contribution in [0.4, 0.5) is 5.13 Å². The molecule has 4 rings (SSSR count). The first-order valence-electron chi connectivity index (χ1n) is 8.33. The Morgan fingerprint density at radius 3 is 2.93 bits per heavy atom. The molecular formula is C18H17IN4O2S2. The monoisotopic (exact) mass is 512 g/mol. The quantitative estimate of drug-likeness (QED) is 0.255. The number of rotatable bonds is 7. The fourth-order valence-electron chi connectivity index (χ4n) is 2.74. The van der Waals surface area contributed by atoms with E-state index in [0.717, 1.165) is 26.4 Å². The molecule has 1 aromatic carbocycles. The number of alkyl halides is 1. The van der Waals surface area contributed by atoms with Crippen LogP contribution < -0.4 is 16.8 Å². The van der Waals surface area contributed by atoms with Crippen LogP contribution in [0.1, 0.15) is 9.75 Å². The van der Waals surface area contributed by atoms with Gasteiger partial charge in [0, 0.05) is 33.0 Å². The highest BCUT2D eigenvalue weighted by Gasteiger charge is 2.10. The maximum Gasteiger partial charge on any atom is 0.417 e. The van der Waals surface area contributed by atoms with Crippen molar-refractivity contribution < 1.29 is 4.42 Å². The number of thiophene rings is 1. The van der Waals surface area contributed by atoms with Gasteiger partial charge in [-0.15, -0.1) is 11.3 Å². The van der Waals surface area contributed by atoms with Crippen molar-refractivity contribution in [1.29, 1.82) is 0 Å². The standard InChI is InChI=1S/C18H17IN4O2S2/c19-7-13-3-2-12(26-13)6-11(20)8-21-17-22-9-16(27-17)10-1-4-14-15(5-10)25-18(24)23-14/h1-5,9,11H,6-8,20H2,(H,21,22)(H,23,24)/t11-/m0/s1. The largest absolute Gasteiger partial charge is 0.417 e. The molecule has 0 bridgehead atoms. The van der Waals surface area contributed by atoms with E-state index in [2.05, 4.69) is 50.0 Å². The molecule has 1 atom stereocenters. The molecule has 140 valence electrons. The number of nitrogens with two attached hydrogens (primary N) is 1. The van der Waals surface area contributed by atoms with Crippen LogP contribution in [0.5, 0.6) is 0 Å². The van der Waals surface area contributed by atoms with E-state index in [1.165, 1.54) is 9.75 Å². The number of halogens is 1. The van der Waals surface area contributed by atoms with Gasteiger partial charge in [0.25, 0.3) is 0 Å². The highest BCUT2D eigenvalue weighted by Crippen LogP contribution is 2.30. The van der Waals surface area contributed by atoms with Crippen molar-refractivity contribution in [3.63, 3.8) is 0 Å². The van der Waals surface area contributed by atoms with Crippen LogP contribution in [0.25, 0.3) is 21.5 Å². The van der Waals surface area contributed by atoms with Crippen molar-refractivity contribution >= 4 is 61.5 Å². The lowest BCUT2D eigenvalue weighted by Crippen LogP contribution is -2.30. The highest BCUT2D eigenvalue weighted by molar-refractivity contribution is 14.1. The summed E-state index contributed by atoms with van der Waals surface area (Å²) in [5, 5.41) is 4.15. The lowest BCUT2D eigenvalue weighted by Gasteiger charge is -2.10. The Morgan fingerprint density at radius 2 is 2.11 bits per heavy atom. The molecule has 3 aromatic heterocycles. The third-order valence-corrected chi connectivity index (χ3v) is 7.49. The molecule has 3 heterocycles. The predicted octanol–water partition coefficient (Wildman–Crippen LogP) is 4.22. The van der Waals surface area contributed by atoms with Gasteiger partial charge in [-0.25, -0.2) is 9.78 Å². The summed E-state index contributed by atoms with van der Waals surface area (Å²) < 4.78 is 6.16. The maximum atomic E-state index is 11.3. The van der Waals surface area contributed by atoms with E-state index in [-0.39, 0.29) is 6.04 Å². The molecular weight excluding hydrogens is 495 g/mol. The first-order chi connectivity index (χ1) is 13.1. The minimum atomic E-state index is -0.445. The Bertz CT molecular complexity index is 1110. The summed E-state index contributed by atoms with van der Waals surface area (Å²) in [6.45, 7) is 0.663. The molecule has 0 saturated heterocycles. The lowest BCUT2D eigenvalue weighted by atomic mass is 10.2. The van der Waals surface area contributed by atoms with Gasteiger partial charge >= 0.3 is 5.76 Å². The lowest BCUT2D eigenvalue weighted by molar-refractivity contribution is 0.555. The molecule has 4 aromatic rings. The zero-order chi connectivity index (χ0) is 18.8. The molecule has 4 N–H and O–H groups in total. The van der Waals surface area contributed by atoms with E-state index < -0.39 is 5.76 Å². The van der Waals surface area contributed by atoms with Crippen molar-refractivity contribution in [3.8, 4) is 10.4 Å². The molecule has 0 saturated carbocycles. The topological polar surface area (TPSA) is 96.9 Å². The van der Waals surface area contributed by atoms with Crippen LogP contribution in [0.3, 0.4) is 0 Å². The summed E-state index contributed by atoms with van der Waals surface area (Å²) in [6.07, 6.45) is 2.67. The SMILES string of the molecule is N[C@H](CNc1ncc(-c2ccc3[nH]c(=O)oc3c2)s1)Cc1ccc(CI)s1. The molecule has 0 aliphatic rings. The van der Waals surface area contributed by atoms with Gasteiger partial charge in [0.05, 0.1) is 10.4 Å². The minimum absolute atomic E-state index is 0.0311. The summed E-state index contributed by atoms with van der Waals surface area (Å²) in [7, 11) is 0. The molecule has 9 heteroatoms. The van der Waals surface area contributed by atoms with Gasteiger partial charge in [-0.1, -0.05) is 40.0 Å². The Balaban J connectivity index is 1.39. The third kappa shape index (κ3) is 4.42. The van der Waals surface area contributed by atoms with Gasteiger partial charge in [0.2, 0.25) is 0 Å². The summed E-state index contributed by atoms with van der Waals surface area (Å²) in [5.74, 6) is -0.445. The molecule has 0 aliphatic heterocycles. The summed E-state index contributed by atoms with van der Waals surface area (Å²) in [4.78, 5) is 22.1. The van der Waals surface area contributed by atoms with Gasteiger partial charge < -0.3 is 15.5 Å². The summed E-state index contributed by atoms with van der Waals surface area (Å²) in [5.41, 5.74) is 8.46. The molecule has 6 nitrogen and oxygen atoms in total. The molecule has 0 unspecified atom stereocenters. The number of hydrogen-bond donors (Lipinski definition) is 3. The number of aromatic nitrogens is 2. The Labute approximate surface area is 177 Å². The van der Waals surface area contributed by atoms with Crippen LogP contribution in [-0.2, 0) is 10.8 Å². The van der Waals surface area contributed by atoms with E-state index in [0.29, 0.717) is 17.6 Å². The fraction of sp³-hybridized carbons (Fsp3) is 0.222. The molecule has 27 heavy (non-hydrogen) atoms. The Morgan fingerprint density at radius 1 is 1.26 bits per heavy atom. The van der Waals surface area contributed by atoms with Gasteiger partial charge in [-0.05, 0) is 36.2 Å². The molecule has 0 aliphatic carbocycles. The van der Waals surface area contributed by atoms with Gasteiger partial charge in [-0.3, -0.25) is 4.98 Å². The second-order valence-electron chi connectivity index (χ2n) is 6.10. The molecule has 0 radical (unpaired) electrons. The van der Waals surface area contributed by atoms with E-state index in [4.69, 9.17) is 10.2 Å². The number of oxazole rings is 1. The van der Waals surface area contributed by atoms with E-state index in [9.17, 15) is 4.79 Å². The van der Waals surface area contributed by atoms with Crippen LogP contribution in [0.15, 0.2) is 45.7 Å². The average molecular weight is 512 g/mol. The average Bonchev–Trinajstić information content (AvgIpc) is 3.37. The number of anilines is 1. The third-order valence-electron chi connectivity index (χ3n) is 4.04. The Hall–Kier alpha value is -1.69. The Kier molecular flexibility index (Phi) is 5.62. The van der Waals surface area contributed by atoms with Crippen LogP contribution in [-0.4, -0.2) is 22.6 Å². The summed E-state index contributed by atoms with van der Waals surface area (Å²) >= 11 is 5.75. The van der Waals surface area contributed by atoms with Crippen LogP contribution in [0.2, 0.25) is 0 Å². The van der Waals surface area contributed by atoms with Crippen molar-refractivity contribution in [1.82, 2.24) is 9.97 Å². The number of aromatic amines is 1. The van der Waals surface area contributed by atoms with Crippen molar-refractivity contribution in [3.05, 3.63) is 56.8 Å². The molecule has 0 amide bonds. The zero-order valence-corrected chi connectivity index (χ0v) is 18.0. The van der Waals surface area contributed by atoms with Gasteiger partial charge in [-0.2, -0.15) is 0 Å². The zero-order valence-electron chi connectivity index (χ0n) is 14.2. The summed E-state index contributed by atoms with van der Waals surface area (Å²) in [6, 6.07) is 9.99. The normalized spacial score (nSPS) is 12.5. The van der Waals surface area contributed by atoms with Crippen LogP contribution in [0, 0.1) is 0 Å². The number of fused-ring (bicyclic) bond motifs is 1. The minimum Gasteiger partial charge on any atom is -0.408 e. The number of H-pyrrole nitrogens is 1. The van der Waals surface area contributed by atoms with Crippen molar-refractivity contribution in [2.45, 2.75) is 16.9 Å². The number of nitrogens with one attached hydrogen (secondary N) is 2. The number of thiazole rings is 1. The second kappa shape index (κ2) is 8.13. The van der Waals surface area contributed by atoms with E-state index in [1.807, 2.05) is 35.7 Å². The number of nitrogens with zero attached hydrogens (tertiary/aromatic N) is 1. The van der Waals surface area contributed by atoms with Gasteiger partial charge in [0.15, 0.2) is 10.7 Å². The fourth-order valence-corrected chi connectivity index (χ4v) is 5.24. The molecule has 0 spiro atoms. The van der Waals surface area contributed by atoms with Crippen molar-refractivity contribution in [2.24, 2.45) is 5.73 Å². The first kappa shape index (κ1) is 18.7. The first-order valence-corrected chi connectivity index (χ1v) is 11.5. The predicted molar refractivity (Wildman–Crippen MR) is 120 cm³/mol. The maximum absolute atomic E-state index is 11.3. The van der Waals surface area contributed by atoms with E-state index >= 15 is 0 Å². The van der Waals surface area contributed by atoms with E-state index in [1.54, 1.807) is 11.3 Å². The van der Waals surface area contributed by atoms with Crippen molar-refractivity contribution in [2.75, 3.05) is 11.9 Å².